The van der Waals surface area contributed by atoms with Crippen LogP contribution in [0.2, 0.25) is 0 Å². The number of hydrogen-bond acceptors (Lipinski definition) is 5. The second-order valence-electron chi connectivity index (χ2n) is 8.36. The summed E-state index contributed by atoms with van der Waals surface area (Å²) in [5.74, 6) is -0.453. The first-order valence-electron chi connectivity index (χ1n) is 11.1. The third kappa shape index (κ3) is 4.94. The summed E-state index contributed by atoms with van der Waals surface area (Å²) in [5, 5.41) is 2.26. The molecule has 3 aromatic rings. The van der Waals surface area contributed by atoms with Crippen molar-refractivity contribution in [3.8, 4) is 11.5 Å². The largest absolute Gasteiger partial charge is 0.493 e. The minimum Gasteiger partial charge on any atom is -0.493 e. The maximum Gasteiger partial charge on any atom is 0.335 e. The second kappa shape index (κ2) is 9.85. The van der Waals surface area contributed by atoms with E-state index in [1.807, 2.05) is 51.1 Å². The standard InChI is InChI=1S/C28H26N2O5/c1-17-8-10-20(11-9-17)16-35-24-13-12-21(15-25(24)34-4)14-22-26(31)29-28(33)30(27(22)32)23-7-5-6-18(2)19(23)3/h5-15H,16H2,1-4H3,(H,29,31,33)/b22-14+. The number of nitrogens with zero attached hydrogens (tertiary/aromatic N) is 1. The van der Waals surface area contributed by atoms with E-state index in [1.165, 1.54) is 18.7 Å². The van der Waals surface area contributed by atoms with E-state index in [4.69, 9.17) is 9.47 Å². The fourth-order valence-corrected chi connectivity index (χ4v) is 3.76. The van der Waals surface area contributed by atoms with Crippen LogP contribution in [0.4, 0.5) is 10.5 Å². The van der Waals surface area contributed by atoms with Crippen molar-refractivity contribution in [1.29, 1.82) is 0 Å². The zero-order chi connectivity index (χ0) is 25.1. The van der Waals surface area contributed by atoms with Gasteiger partial charge in [-0.25, -0.2) is 9.69 Å². The van der Waals surface area contributed by atoms with E-state index in [9.17, 15) is 14.4 Å². The number of carbonyl (C=O) groups is 3. The Morgan fingerprint density at radius 3 is 2.37 bits per heavy atom. The van der Waals surface area contributed by atoms with Crippen molar-refractivity contribution in [2.75, 3.05) is 12.0 Å². The molecule has 1 saturated heterocycles. The smallest absolute Gasteiger partial charge is 0.335 e. The number of hydrogen-bond donors (Lipinski definition) is 1. The number of barbiturate groups is 1. The molecule has 0 saturated carbocycles. The number of amides is 4. The van der Waals surface area contributed by atoms with Crippen molar-refractivity contribution in [2.24, 2.45) is 0 Å². The van der Waals surface area contributed by atoms with Gasteiger partial charge in [0.15, 0.2) is 11.5 Å². The minimum atomic E-state index is -0.775. The number of anilines is 1. The Morgan fingerprint density at radius 2 is 1.66 bits per heavy atom. The molecule has 0 bridgehead atoms. The number of urea groups is 1. The van der Waals surface area contributed by atoms with Gasteiger partial charge in [-0.2, -0.15) is 0 Å². The highest BCUT2D eigenvalue weighted by Gasteiger charge is 2.37. The Bertz CT molecular complexity index is 1340. The van der Waals surface area contributed by atoms with Gasteiger partial charge in [-0.05, 0) is 67.3 Å². The lowest BCUT2D eigenvalue weighted by Crippen LogP contribution is -2.54. The molecule has 1 N–H and O–H groups in total. The van der Waals surface area contributed by atoms with Crippen LogP contribution in [0.1, 0.15) is 27.8 Å². The van der Waals surface area contributed by atoms with Crippen LogP contribution in [0, 0.1) is 20.8 Å². The lowest BCUT2D eigenvalue weighted by molar-refractivity contribution is -0.122. The first-order chi connectivity index (χ1) is 16.8. The molecule has 4 amide bonds. The molecule has 7 nitrogen and oxygen atoms in total. The molecule has 3 aromatic carbocycles. The Morgan fingerprint density at radius 1 is 0.914 bits per heavy atom. The van der Waals surface area contributed by atoms with Crippen LogP contribution in [0.3, 0.4) is 0 Å². The predicted octanol–water partition coefficient (Wildman–Crippen LogP) is 4.87. The van der Waals surface area contributed by atoms with Crippen molar-refractivity contribution < 1.29 is 23.9 Å². The average Bonchev–Trinajstić information content (AvgIpc) is 2.84. The number of aryl methyl sites for hydroxylation is 2. The van der Waals surface area contributed by atoms with E-state index < -0.39 is 17.8 Å². The van der Waals surface area contributed by atoms with E-state index in [0.29, 0.717) is 29.4 Å². The van der Waals surface area contributed by atoms with E-state index in [-0.39, 0.29) is 5.57 Å². The number of imide groups is 2. The summed E-state index contributed by atoms with van der Waals surface area (Å²) < 4.78 is 11.4. The van der Waals surface area contributed by atoms with E-state index in [0.717, 1.165) is 21.6 Å². The van der Waals surface area contributed by atoms with Gasteiger partial charge in [0, 0.05) is 0 Å². The van der Waals surface area contributed by atoms with Gasteiger partial charge in [0.05, 0.1) is 12.8 Å². The first-order valence-corrected chi connectivity index (χ1v) is 11.1. The fraction of sp³-hybridized carbons (Fsp3) is 0.179. The highest BCUT2D eigenvalue weighted by Crippen LogP contribution is 2.31. The maximum absolute atomic E-state index is 13.2. The van der Waals surface area contributed by atoms with Crippen LogP contribution < -0.4 is 19.7 Å². The number of methoxy groups -OCH3 is 1. The monoisotopic (exact) mass is 470 g/mol. The van der Waals surface area contributed by atoms with Gasteiger partial charge in [0.25, 0.3) is 11.8 Å². The van der Waals surface area contributed by atoms with Gasteiger partial charge >= 0.3 is 6.03 Å². The SMILES string of the molecule is COc1cc(/C=C2\C(=O)NC(=O)N(c3cccc(C)c3C)C2=O)ccc1OCc1ccc(C)cc1. The highest BCUT2D eigenvalue weighted by atomic mass is 16.5. The summed E-state index contributed by atoms with van der Waals surface area (Å²) in [6.45, 7) is 6.10. The Labute approximate surface area is 204 Å². The summed E-state index contributed by atoms with van der Waals surface area (Å²) in [6, 6.07) is 17.7. The van der Waals surface area contributed by atoms with E-state index >= 15 is 0 Å². The summed E-state index contributed by atoms with van der Waals surface area (Å²) in [4.78, 5) is 39.3. The Kier molecular flexibility index (Phi) is 6.68. The van der Waals surface area contributed by atoms with Crippen LogP contribution in [-0.2, 0) is 16.2 Å². The zero-order valence-corrected chi connectivity index (χ0v) is 20.0. The third-order valence-corrected chi connectivity index (χ3v) is 5.93. The number of carbonyl (C=O) groups excluding carboxylic acids is 3. The fourth-order valence-electron chi connectivity index (χ4n) is 3.76. The summed E-state index contributed by atoms with van der Waals surface area (Å²) in [7, 11) is 1.52. The molecule has 0 unspecified atom stereocenters. The second-order valence-corrected chi connectivity index (χ2v) is 8.36. The van der Waals surface area contributed by atoms with Crippen LogP contribution in [0.25, 0.3) is 6.08 Å². The molecule has 35 heavy (non-hydrogen) atoms. The highest BCUT2D eigenvalue weighted by molar-refractivity contribution is 6.39. The van der Waals surface area contributed by atoms with Crippen LogP contribution in [0.5, 0.6) is 11.5 Å². The average molecular weight is 471 g/mol. The molecular formula is C28H26N2O5. The minimum absolute atomic E-state index is 0.152. The van der Waals surface area contributed by atoms with Crippen molar-refractivity contribution in [2.45, 2.75) is 27.4 Å². The first kappa shape index (κ1) is 23.8. The summed E-state index contributed by atoms with van der Waals surface area (Å²) in [6.07, 6.45) is 1.44. The zero-order valence-electron chi connectivity index (χ0n) is 20.0. The van der Waals surface area contributed by atoms with Crippen molar-refractivity contribution in [1.82, 2.24) is 5.32 Å². The summed E-state index contributed by atoms with van der Waals surface area (Å²) >= 11 is 0. The van der Waals surface area contributed by atoms with Gasteiger partial charge in [-0.15, -0.1) is 0 Å². The van der Waals surface area contributed by atoms with Crippen LogP contribution in [-0.4, -0.2) is 25.0 Å². The number of ether oxygens (including phenoxy) is 2. The normalized spacial score (nSPS) is 14.8. The van der Waals surface area contributed by atoms with Crippen molar-refractivity contribution in [3.05, 3.63) is 94.1 Å². The predicted molar refractivity (Wildman–Crippen MR) is 133 cm³/mol. The van der Waals surface area contributed by atoms with Crippen LogP contribution >= 0.6 is 0 Å². The molecule has 1 fully saturated rings. The quantitative estimate of drug-likeness (QED) is 0.411. The Balaban J connectivity index is 1.61. The number of rotatable bonds is 6. The van der Waals surface area contributed by atoms with Gasteiger partial charge in [0.1, 0.15) is 12.2 Å². The van der Waals surface area contributed by atoms with Crippen LogP contribution in [0.15, 0.2) is 66.2 Å². The lowest BCUT2D eigenvalue weighted by Gasteiger charge is -2.28. The topological polar surface area (TPSA) is 84.9 Å². The third-order valence-electron chi connectivity index (χ3n) is 5.93. The molecule has 1 heterocycles. The van der Waals surface area contributed by atoms with Gasteiger partial charge < -0.3 is 9.47 Å². The number of nitrogens with one attached hydrogen (secondary N) is 1. The van der Waals surface area contributed by atoms with Crippen molar-refractivity contribution in [3.63, 3.8) is 0 Å². The molecule has 178 valence electrons. The van der Waals surface area contributed by atoms with E-state index in [2.05, 4.69) is 5.32 Å². The van der Waals surface area contributed by atoms with Gasteiger partial charge in [0.2, 0.25) is 0 Å². The summed E-state index contributed by atoms with van der Waals surface area (Å²) in [5.41, 5.74) is 4.73. The molecule has 4 rings (SSSR count). The molecule has 1 aliphatic heterocycles. The van der Waals surface area contributed by atoms with E-state index in [1.54, 1.807) is 30.3 Å². The Hall–Kier alpha value is -4.39. The van der Waals surface area contributed by atoms with Crippen molar-refractivity contribution >= 4 is 29.6 Å². The van der Waals surface area contributed by atoms with Gasteiger partial charge in [-0.3, -0.25) is 14.9 Å². The molecule has 0 aromatic heterocycles. The maximum atomic E-state index is 13.2. The molecule has 0 aliphatic carbocycles. The van der Waals surface area contributed by atoms with Gasteiger partial charge in [-0.1, -0.05) is 48.0 Å². The molecule has 0 atom stereocenters. The lowest BCUT2D eigenvalue weighted by atomic mass is 10.0. The molecule has 7 heteroatoms. The molecular weight excluding hydrogens is 444 g/mol. The molecule has 1 aliphatic rings. The molecule has 0 spiro atoms. The molecule has 0 radical (unpaired) electrons. The number of benzene rings is 3.